The van der Waals surface area contributed by atoms with E-state index >= 15 is 0 Å². The highest BCUT2D eigenvalue weighted by Crippen LogP contribution is 2.44. The van der Waals surface area contributed by atoms with Crippen LogP contribution in [0.1, 0.15) is 41.1 Å². The minimum absolute atomic E-state index is 0.0245. The first-order valence-corrected chi connectivity index (χ1v) is 9.53. The lowest BCUT2D eigenvalue weighted by atomic mass is 10.00. The molecule has 1 aromatic carbocycles. The molecule has 1 saturated carbocycles. The summed E-state index contributed by atoms with van der Waals surface area (Å²) in [7, 11) is 0. The van der Waals surface area contributed by atoms with Crippen molar-refractivity contribution >= 4 is 29.0 Å². The zero-order valence-corrected chi connectivity index (χ0v) is 14.0. The van der Waals surface area contributed by atoms with Gasteiger partial charge in [0.2, 0.25) is 5.91 Å². The fraction of sp³-hybridized carbons (Fsp3) is 0.412. The summed E-state index contributed by atoms with van der Waals surface area (Å²) in [5, 5.41) is 6.42. The maximum atomic E-state index is 12.8. The maximum Gasteiger partial charge on any atom is 0.229 e. The molecule has 1 fully saturated rings. The van der Waals surface area contributed by atoms with E-state index in [-0.39, 0.29) is 17.9 Å². The van der Waals surface area contributed by atoms with Crippen molar-refractivity contribution in [2.45, 2.75) is 36.6 Å². The number of aryl methyl sites for hydroxylation is 1. The van der Waals surface area contributed by atoms with Crippen LogP contribution in [0.25, 0.3) is 0 Å². The lowest BCUT2D eigenvalue weighted by Crippen LogP contribution is -2.34. The molecule has 2 atom stereocenters. The van der Waals surface area contributed by atoms with Gasteiger partial charge < -0.3 is 5.32 Å². The average molecular weight is 330 g/mol. The number of carbonyl (C=O) groups is 1. The number of thiazole rings is 1. The molecule has 0 bridgehead atoms. The van der Waals surface area contributed by atoms with Crippen LogP contribution in [0, 0.1) is 12.8 Å². The van der Waals surface area contributed by atoms with Crippen LogP contribution >= 0.6 is 23.1 Å². The van der Waals surface area contributed by atoms with Crippen LogP contribution in [-0.2, 0) is 4.79 Å². The Morgan fingerprint density at radius 2 is 2.18 bits per heavy atom. The maximum absolute atomic E-state index is 12.8. The molecule has 1 aliphatic heterocycles. The third kappa shape index (κ3) is 2.68. The Hall–Kier alpha value is -1.33. The average Bonchev–Trinajstić information content (AvgIpc) is 3.12. The van der Waals surface area contributed by atoms with E-state index in [1.165, 1.54) is 23.3 Å². The van der Waals surface area contributed by atoms with Crippen LogP contribution in [0.15, 0.2) is 34.5 Å². The molecule has 2 aromatic rings. The van der Waals surface area contributed by atoms with E-state index in [4.69, 9.17) is 0 Å². The third-order valence-corrected chi connectivity index (χ3v) is 6.54. The standard InChI is InChI=1S/C17H18N2OS2/c1-10-8-22-17(18-10)15(11-6-7-11)19-16(20)13-9-21-14-5-3-2-4-12(13)14/h2-5,8,11,13,15H,6-7,9H2,1H3,(H,19,20)/t13-,15-/m1/s1. The quantitative estimate of drug-likeness (QED) is 0.924. The number of hydrogen-bond donors (Lipinski definition) is 1. The summed E-state index contributed by atoms with van der Waals surface area (Å²) >= 11 is 3.45. The third-order valence-electron chi connectivity index (χ3n) is 4.31. The van der Waals surface area contributed by atoms with Gasteiger partial charge in [-0.15, -0.1) is 23.1 Å². The van der Waals surface area contributed by atoms with Crippen molar-refractivity contribution in [3.63, 3.8) is 0 Å². The highest BCUT2D eigenvalue weighted by atomic mass is 32.2. The molecule has 5 heteroatoms. The molecular weight excluding hydrogens is 312 g/mol. The SMILES string of the molecule is Cc1csc([C@H](NC(=O)[C@@H]2CSc3ccccc32)C2CC2)n1. The molecular formula is C17H18N2OS2. The van der Waals surface area contributed by atoms with Gasteiger partial charge in [0.25, 0.3) is 0 Å². The molecule has 1 aliphatic carbocycles. The Kier molecular flexibility index (Phi) is 3.70. The summed E-state index contributed by atoms with van der Waals surface area (Å²) in [5.41, 5.74) is 2.22. The molecule has 1 amide bonds. The highest BCUT2D eigenvalue weighted by Gasteiger charge is 2.37. The Morgan fingerprint density at radius 3 is 2.91 bits per heavy atom. The molecule has 0 spiro atoms. The van der Waals surface area contributed by atoms with E-state index in [1.807, 2.05) is 19.1 Å². The topological polar surface area (TPSA) is 42.0 Å². The first kappa shape index (κ1) is 14.3. The van der Waals surface area contributed by atoms with Crippen LogP contribution in [-0.4, -0.2) is 16.6 Å². The molecule has 114 valence electrons. The smallest absolute Gasteiger partial charge is 0.229 e. The van der Waals surface area contributed by atoms with Gasteiger partial charge in [0, 0.05) is 21.7 Å². The zero-order valence-electron chi connectivity index (χ0n) is 12.4. The Balaban J connectivity index is 1.53. The number of thioether (sulfide) groups is 1. The van der Waals surface area contributed by atoms with E-state index in [9.17, 15) is 4.79 Å². The molecule has 3 nitrogen and oxygen atoms in total. The molecule has 22 heavy (non-hydrogen) atoms. The van der Waals surface area contributed by atoms with E-state index in [1.54, 1.807) is 23.1 Å². The predicted octanol–water partition coefficient (Wildman–Crippen LogP) is 3.91. The van der Waals surface area contributed by atoms with Gasteiger partial charge >= 0.3 is 0 Å². The number of nitrogens with one attached hydrogen (secondary N) is 1. The summed E-state index contributed by atoms with van der Waals surface area (Å²) in [6, 6.07) is 8.35. The lowest BCUT2D eigenvalue weighted by Gasteiger charge is -2.19. The van der Waals surface area contributed by atoms with Gasteiger partial charge in [0.15, 0.2) is 0 Å². The van der Waals surface area contributed by atoms with Crippen molar-refractivity contribution in [2.75, 3.05) is 5.75 Å². The normalized spacial score (nSPS) is 21.4. The van der Waals surface area contributed by atoms with Gasteiger partial charge in [0.05, 0.1) is 12.0 Å². The molecule has 2 heterocycles. The number of hydrogen-bond acceptors (Lipinski definition) is 4. The first-order chi connectivity index (χ1) is 10.7. The molecule has 0 unspecified atom stereocenters. The second kappa shape index (κ2) is 5.70. The minimum atomic E-state index is -0.0245. The van der Waals surface area contributed by atoms with E-state index < -0.39 is 0 Å². The fourth-order valence-corrected chi connectivity index (χ4v) is 5.13. The van der Waals surface area contributed by atoms with Crippen LogP contribution in [0.4, 0.5) is 0 Å². The van der Waals surface area contributed by atoms with Gasteiger partial charge in [-0.2, -0.15) is 0 Å². The second-order valence-corrected chi connectivity index (χ2v) is 8.00. The number of amides is 1. The van der Waals surface area contributed by atoms with E-state index in [0.717, 1.165) is 16.5 Å². The van der Waals surface area contributed by atoms with Crippen LogP contribution in [0.2, 0.25) is 0 Å². The largest absolute Gasteiger partial charge is 0.346 e. The van der Waals surface area contributed by atoms with Crippen molar-refractivity contribution in [2.24, 2.45) is 5.92 Å². The molecule has 0 radical (unpaired) electrons. The Bertz CT molecular complexity index is 708. The van der Waals surface area contributed by atoms with Crippen molar-refractivity contribution < 1.29 is 4.79 Å². The van der Waals surface area contributed by atoms with Crippen molar-refractivity contribution in [1.29, 1.82) is 0 Å². The van der Waals surface area contributed by atoms with Crippen LogP contribution in [0.5, 0.6) is 0 Å². The zero-order chi connectivity index (χ0) is 15.1. The molecule has 0 saturated heterocycles. The van der Waals surface area contributed by atoms with Gasteiger partial charge in [-0.25, -0.2) is 4.98 Å². The van der Waals surface area contributed by atoms with Crippen LogP contribution < -0.4 is 5.32 Å². The monoisotopic (exact) mass is 330 g/mol. The van der Waals surface area contributed by atoms with Crippen molar-refractivity contribution in [3.8, 4) is 0 Å². The number of carbonyl (C=O) groups excluding carboxylic acids is 1. The van der Waals surface area contributed by atoms with E-state index in [2.05, 4.69) is 27.8 Å². The number of nitrogens with zero attached hydrogens (tertiary/aromatic N) is 1. The Labute approximate surface area is 138 Å². The van der Waals surface area contributed by atoms with Crippen molar-refractivity contribution in [1.82, 2.24) is 10.3 Å². The number of aromatic nitrogens is 1. The van der Waals surface area contributed by atoms with Crippen LogP contribution in [0.3, 0.4) is 0 Å². The van der Waals surface area contributed by atoms with Gasteiger partial charge in [-0.05, 0) is 37.3 Å². The fourth-order valence-electron chi connectivity index (χ4n) is 2.96. The summed E-state index contributed by atoms with van der Waals surface area (Å²) in [6.45, 7) is 2.01. The molecule has 1 N–H and O–H groups in total. The van der Waals surface area contributed by atoms with Gasteiger partial charge in [-0.3, -0.25) is 4.79 Å². The lowest BCUT2D eigenvalue weighted by molar-refractivity contribution is -0.123. The first-order valence-electron chi connectivity index (χ1n) is 7.66. The number of rotatable bonds is 4. The highest BCUT2D eigenvalue weighted by molar-refractivity contribution is 7.99. The number of fused-ring (bicyclic) bond motifs is 1. The predicted molar refractivity (Wildman–Crippen MR) is 90.4 cm³/mol. The van der Waals surface area contributed by atoms with E-state index in [0.29, 0.717) is 5.92 Å². The molecule has 2 aliphatic rings. The minimum Gasteiger partial charge on any atom is -0.346 e. The molecule has 1 aromatic heterocycles. The molecule has 4 rings (SSSR count). The summed E-state index contributed by atoms with van der Waals surface area (Å²) in [4.78, 5) is 18.6. The van der Waals surface area contributed by atoms with Gasteiger partial charge in [0.1, 0.15) is 5.01 Å². The summed E-state index contributed by atoms with van der Waals surface area (Å²) in [5.74, 6) is 1.55. The van der Waals surface area contributed by atoms with Crippen molar-refractivity contribution in [3.05, 3.63) is 45.9 Å². The second-order valence-electron chi connectivity index (χ2n) is 6.05. The summed E-state index contributed by atoms with van der Waals surface area (Å²) in [6.07, 6.45) is 2.39. The number of benzene rings is 1. The Morgan fingerprint density at radius 1 is 1.36 bits per heavy atom. The summed E-state index contributed by atoms with van der Waals surface area (Å²) < 4.78 is 0. The van der Waals surface area contributed by atoms with Gasteiger partial charge in [-0.1, -0.05) is 18.2 Å².